The third-order valence-electron chi connectivity index (χ3n) is 4.67. The molecular weight excluding hydrogens is 424 g/mol. The summed E-state index contributed by atoms with van der Waals surface area (Å²) in [6.45, 7) is -0.298. The van der Waals surface area contributed by atoms with Crippen molar-refractivity contribution in [2.24, 2.45) is 5.92 Å². The number of amides is 3. The first-order chi connectivity index (χ1) is 14.2. The standard InChI is InChI=1S/C19H14F4N4O2S/c20-13-8-12-14(7-11(13)9-25-15(28)16-24-5-6-30-16)26-17(29)27-18(12,19(21,22)23)4-3-10-1-2-10/h5-8,10H,1-2,9H2,(H,25,28)(H2,26,27,29). The van der Waals surface area contributed by atoms with Gasteiger partial charge < -0.3 is 16.0 Å². The molecule has 11 heteroatoms. The summed E-state index contributed by atoms with van der Waals surface area (Å²) >= 11 is 1.09. The number of thiazole rings is 1. The fourth-order valence-electron chi connectivity index (χ4n) is 2.98. The Morgan fingerprint density at radius 2 is 2.13 bits per heavy atom. The van der Waals surface area contributed by atoms with E-state index in [1.807, 2.05) is 5.32 Å². The minimum Gasteiger partial charge on any atom is -0.346 e. The molecule has 0 saturated heterocycles. The molecule has 0 bridgehead atoms. The van der Waals surface area contributed by atoms with Crippen molar-refractivity contribution in [1.29, 1.82) is 0 Å². The monoisotopic (exact) mass is 438 g/mol. The van der Waals surface area contributed by atoms with Crippen molar-refractivity contribution in [1.82, 2.24) is 15.6 Å². The van der Waals surface area contributed by atoms with Crippen LogP contribution in [0.3, 0.4) is 0 Å². The van der Waals surface area contributed by atoms with Gasteiger partial charge in [0.05, 0.1) is 0 Å². The number of aromatic nitrogens is 1. The van der Waals surface area contributed by atoms with Crippen LogP contribution >= 0.6 is 11.3 Å². The number of urea groups is 1. The first-order valence-corrected chi connectivity index (χ1v) is 9.77. The quantitative estimate of drug-likeness (QED) is 0.507. The van der Waals surface area contributed by atoms with E-state index in [1.165, 1.54) is 6.20 Å². The van der Waals surface area contributed by atoms with Gasteiger partial charge in [-0.05, 0) is 25.0 Å². The van der Waals surface area contributed by atoms with Crippen LogP contribution in [0.1, 0.15) is 33.8 Å². The zero-order valence-electron chi connectivity index (χ0n) is 15.2. The van der Waals surface area contributed by atoms with Gasteiger partial charge in [0.15, 0.2) is 5.01 Å². The molecule has 1 aromatic carbocycles. The molecule has 2 heterocycles. The topological polar surface area (TPSA) is 83.1 Å². The number of hydrogen-bond acceptors (Lipinski definition) is 4. The highest BCUT2D eigenvalue weighted by Crippen LogP contribution is 2.45. The molecule has 30 heavy (non-hydrogen) atoms. The summed E-state index contributed by atoms with van der Waals surface area (Å²) in [5, 5.41) is 8.31. The summed E-state index contributed by atoms with van der Waals surface area (Å²) in [6.07, 6.45) is -2.17. The molecule has 6 nitrogen and oxygen atoms in total. The highest BCUT2D eigenvalue weighted by molar-refractivity contribution is 7.11. The number of nitrogens with zero attached hydrogens (tertiary/aromatic N) is 1. The minimum absolute atomic E-state index is 0.0907. The summed E-state index contributed by atoms with van der Waals surface area (Å²) in [4.78, 5) is 27.8. The Labute approximate surface area is 172 Å². The van der Waals surface area contributed by atoms with Crippen molar-refractivity contribution in [3.8, 4) is 11.8 Å². The molecule has 1 fully saturated rings. The molecular formula is C19H14F4N4O2S. The Morgan fingerprint density at radius 3 is 2.77 bits per heavy atom. The maximum absolute atomic E-state index is 14.7. The van der Waals surface area contributed by atoms with Crippen LogP contribution in [0.25, 0.3) is 0 Å². The van der Waals surface area contributed by atoms with Crippen molar-refractivity contribution in [2.45, 2.75) is 31.1 Å². The first-order valence-electron chi connectivity index (χ1n) is 8.89. The molecule has 3 amide bonds. The van der Waals surface area contributed by atoms with Gasteiger partial charge in [-0.15, -0.1) is 11.3 Å². The number of carbonyl (C=O) groups excluding carboxylic acids is 2. The van der Waals surface area contributed by atoms with Gasteiger partial charge in [0.2, 0.25) is 5.54 Å². The number of nitrogens with one attached hydrogen (secondary N) is 3. The van der Waals surface area contributed by atoms with Gasteiger partial charge in [0, 0.05) is 40.9 Å². The van der Waals surface area contributed by atoms with Crippen LogP contribution in [0.4, 0.5) is 28.0 Å². The van der Waals surface area contributed by atoms with E-state index < -0.39 is 35.0 Å². The lowest BCUT2D eigenvalue weighted by molar-refractivity contribution is -0.178. The zero-order valence-corrected chi connectivity index (χ0v) is 16.0. The molecule has 1 atom stereocenters. The van der Waals surface area contributed by atoms with Crippen LogP contribution in [0.15, 0.2) is 23.7 Å². The lowest BCUT2D eigenvalue weighted by Gasteiger charge is -2.37. The molecule has 1 aromatic heterocycles. The average molecular weight is 438 g/mol. The van der Waals surface area contributed by atoms with Gasteiger partial charge in [-0.3, -0.25) is 4.79 Å². The molecule has 2 aromatic rings. The average Bonchev–Trinajstić information content (AvgIpc) is 3.34. The van der Waals surface area contributed by atoms with E-state index in [1.54, 1.807) is 5.38 Å². The fourth-order valence-corrected chi connectivity index (χ4v) is 3.53. The second-order valence-corrected chi connectivity index (χ2v) is 7.77. The molecule has 0 radical (unpaired) electrons. The van der Waals surface area contributed by atoms with E-state index in [-0.39, 0.29) is 28.7 Å². The smallest absolute Gasteiger partial charge is 0.346 e. The Kier molecular flexibility index (Phi) is 4.89. The lowest BCUT2D eigenvalue weighted by Crippen LogP contribution is -2.59. The molecule has 1 aliphatic carbocycles. The van der Waals surface area contributed by atoms with Gasteiger partial charge >= 0.3 is 12.2 Å². The predicted octanol–water partition coefficient (Wildman–Crippen LogP) is 3.52. The minimum atomic E-state index is -4.98. The van der Waals surface area contributed by atoms with Gasteiger partial charge in [-0.1, -0.05) is 11.8 Å². The number of anilines is 1. The highest BCUT2D eigenvalue weighted by Gasteiger charge is 2.59. The third-order valence-corrected chi connectivity index (χ3v) is 5.44. The SMILES string of the molecule is O=C1Nc2cc(CNC(=O)c3nccs3)c(F)cc2C(C#CC2CC2)(C(F)(F)F)N1. The molecule has 156 valence electrons. The summed E-state index contributed by atoms with van der Waals surface area (Å²) in [6, 6.07) is 0.668. The van der Waals surface area contributed by atoms with E-state index in [0.29, 0.717) is 18.9 Å². The zero-order chi connectivity index (χ0) is 21.5. The highest BCUT2D eigenvalue weighted by atomic mass is 32.1. The molecule has 1 aliphatic heterocycles. The first kappa shape index (κ1) is 20.2. The number of alkyl halides is 3. The summed E-state index contributed by atoms with van der Waals surface area (Å²) in [5.41, 5.74) is -3.86. The maximum Gasteiger partial charge on any atom is 0.427 e. The molecule has 1 unspecified atom stereocenters. The number of benzene rings is 1. The normalized spacial score (nSPS) is 20.3. The second-order valence-electron chi connectivity index (χ2n) is 6.88. The number of fused-ring (bicyclic) bond motifs is 1. The van der Waals surface area contributed by atoms with Gasteiger partial charge in [0.25, 0.3) is 5.91 Å². The molecule has 3 N–H and O–H groups in total. The maximum atomic E-state index is 14.7. The van der Waals surface area contributed by atoms with E-state index in [0.717, 1.165) is 17.4 Å². The van der Waals surface area contributed by atoms with Crippen molar-refractivity contribution < 1.29 is 27.2 Å². The molecule has 4 rings (SSSR count). The number of carbonyl (C=O) groups is 2. The van der Waals surface area contributed by atoms with Crippen LogP contribution in [0.5, 0.6) is 0 Å². The Morgan fingerprint density at radius 1 is 1.37 bits per heavy atom. The van der Waals surface area contributed by atoms with Crippen LogP contribution in [-0.4, -0.2) is 23.1 Å². The number of halogens is 4. The number of rotatable bonds is 3. The van der Waals surface area contributed by atoms with E-state index in [2.05, 4.69) is 27.5 Å². The van der Waals surface area contributed by atoms with Crippen LogP contribution in [0, 0.1) is 23.6 Å². The van der Waals surface area contributed by atoms with Crippen LogP contribution < -0.4 is 16.0 Å². The van der Waals surface area contributed by atoms with Crippen LogP contribution in [0.2, 0.25) is 0 Å². The summed E-state index contributed by atoms with van der Waals surface area (Å²) in [7, 11) is 0. The van der Waals surface area contributed by atoms with Crippen molar-refractivity contribution >= 4 is 29.0 Å². The Balaban J connectivity index is 1.70. The lowest BCUT2D eigenvalue weighted by atomic mass is 9.85. The predicted molar refractivity (Wildman–Crippen MR) is 100 cm³/mol. The summed E-state index contributed by atoms with van der Waals surface area (Å²) < 4.78 is 56.8. The van der Waals surface area contributed by atoms with E-state index >= 15 is 0 Å². The fraction of sp³-hybridized carbons (Fsp3) is 0.316. The van der Waals surface area contributed by atoms with Crippen molar-refractivity contribution in [2.75, 3.05) is 5.32 Å². The Bertz CT molecular complexity index is 1070. The van der Waals surface area contributed by atoms with E-state index in [4.69, 9.17) is 0 Å². The largest absolute Gasteiger partial charge is 0.427 e. The third kappa shape index (κ3) is 3.70. The number of hydrogen-bond donors (Lipinski definition) is 3. The van der Waals surface area contributed by atoms with Gasteiger partial charge in [0.1, 0.15) is 5.82 Å². The summed E-state index contributed by atoms with van der Waals surface area (Å²) in [5.74, 6) is 3.00. The molecule has 0 spiro atoms. The molecule has 2 aliphatic rings. The van der Waals surface area contributed by atoms with Gasteiger partial charge in [-0.2, -0.15) is 13.2 Å². The van der Waals surface area contributed by atoms with Gasteiger partial charge in [-0.25, -0.2) is 14.2 Å². The van der Waals surface area contributed by atoms with Crippen LogP contribution in [-0.2, 0) is 12.1 Å². The van der Waals surface area contributed by atoms with Crippen molar-refractivity contribution in [3.05, 3.63) is 45.7 Å². The Hall–Kier alpha value is -3.13. The van der Waals surface area contributed by atoms with E-state index in [9.17, 15) is 27.2 Å². The molecule has 1 saturated carbocycles. The van der Waals surface area contributed by atoms with Crippen molar-refractivity contribution in [3.63, 3.8) is 0 Å². The second kappa shape index (κ2) is 7.28.